The van der Waals surface area contributed by atoms with Gasteiger partial charge in [-0.05, 0) is 31.5 Å². The Kier molecular flexibility index (Phi) is 10.0. The second-order valence-corrected chi connectivity index (χ2v) is 6.88. The van der Waals surface area contributed by atoms with Crippen LogP contribution >= 0.6 is 11.3 Å². The molecule has 1 rings (SSSR count). The molecule has 1 heterocycles. The van der Waals surface area contributed by atoms with Gasteiger partial charge in [-0.15, -0.1) is 11.3 Å². The molecule has 1 aromatic rings. The van der Waals surface area contributed by atoms with Crippen molar-refractivity contribution < 1.29 is 0 Å². The Hall–Kier alpha value is -0.340. The van der Waals surface area contributed by atoms with Crippen LogP contribution in [-0.4, -0.2) is 6.54 Å². The maximum absolute atomic E-state index is 3.66. The van der Waals surface area contributed by atoms with Crippen molar-refractivity contribution in [2.24, 2.45) is 0 Å². The van der Waals surface area contributed by atoms with E-state index in [0.29, 0.717) is 6.04 Å². The lowest BCUT2D eigenvalue weighted by Gasteiger charge is -2.16. The Morgan fingerprint density at radius 1 is 0.950 bits per heavy atom. The SMILES string of the molecule is CCCCCCCCCC(NCC)c1ccc(CC)s1. The fourth-order valence-corrected chi connectivity index (χ4v) is 3.73. The second kappa shape index (κ2) is 11.3. The van der Waals surface area contributed by atoms with E-state index < -0.39 is 0 Å². The Labute approximate surface area is 130 Å². The summed E-state index contributed by atoms with van der Waals surface area (Å²) in [6, 6.07) is 5.22. The number of rotatable bonds is 12. The smallest absolute Gasteiger partial charge is 0.0414 e. The van der Waals surface area contributed by atoms with Crippen LogP contribution in [0.1, 0.15) is 87.9 Å². The molecule has 1 nitrogen and oxygen atoms in total. The zero-order valence-corrected chi connectivity index (χ0v) is 14.5. The van der Waals surface area contributed by atoms with Gasteiger partial charge in [-0.25, -0.2) is 0 Å². The molecule has 1 unspecified atom stereocenters. The highest BCUT2D eigenvalue weighted by atomic mass is 32.1. The lowest BCUT2D eigenvalue weighted by molar-refractivity contribution is 0.481. The fourth-order valence-electron chi connectivity index (χ4n) is 2.67. The summed E-state index contributed by atoms with van der Waals surface area (Å²) in [7, 11) is 0. The Balaban J connectivity index is 2.25. The van der Waals surface area contributed by atoms with Crippen molar-refractivity contribution in [3.05, 3.63) is 21.9 Å². The maximum atomic E-state index is 3.66. The molecule has 2 heteroatoms. The van der Waals surface area contributed by atoms with Gasteiger partial charge in [0.15, 0.2) is 0 Å². The maximum Gasteiger partial charge on any atom is 0.0414 e. The Morgan fingerprint density at radius 2 is 1.65 bits per heavy atom. The minimum absolute atomic E-state index is 0.584. The summed E-state index contributed by atoms with van der Waals surface area (Å²) in [5.41, 5.74) is 0. The van der Waals surface area contributed by atoms with Crippen molar-refractivity contribution in [2.75, 3.05) is 6.54 Å². The second-order valence-electron chi connectivity index (χ2n) is 5.68. The van der Waals surface area contributed by atoms with Crippen LogP contribution in [0.3, 0.4) is 0 Å². The average Bonchev–Trinajstić information content (AvgIpc) is 2.94. The number of hydrogen-bond acceptors (Lipinski definition) is 2. The highest BCUT2D eigenvalue weighted by molar-refractivity contribution is 7.12. The predicted octanol–water partition coefficient (Wildman–Crippen LogP) is 6.10. The van der Waals surface area contributed by atoms with E-state index in [1.165, 1.54) is 67.5 Å². The van der Waals surface area contributed by atoms with Crippen molar-refractivity contribution in [3.8, 4) is 0 Å². The van der Waals surface area contributed by atoms with Crippen LogP contribution in [0.5, 0.6) is 0 Å². The van der Waals surface area contributed by atoms with Crippen molar-refractivity contribution >= 4 is 11.3 Å². The van der Waals surface area contributed by atoms with E-state index in [-0.39, 0.29) is 0 Å². The molecule has 1 atom stereocenters. The lowest BCUT2D eigenvalue weighted by atomic mass is 10.0. The van der Waals surface area contributed by atoms with Gasteiger partial charge >= 0.3 is 0 Å². The van der Waals surface area contributed by atoms with Gasteiger partial charge in [-0.1, -0.05) is 65.7 Å². The van der Waals surface area contributed by atoms with Gasteiger partial charge in [0, 0.05) is 15.8 Å². The normalized spacial score (nSPS) is 12.8. The van der Waals surface area contributed by atoms with Gasteiger partial charge in [0.05, 0.1) is 0 Å². The van der Waals surface area contributed by atoms with Gasteiger partial charge in [-0.3, -0.25) is 0 Å². The highest BCUT2D eigenvalue weighted by Crippen LogP contribution is 2.27. The molecule has 0 aliphatic carbocycles. The van der Waals surface area contributed by atoms with Crippen LogP contribution in [0, 0.1) is 0 Å². The molecule has 0 spiro atoms. The molecule has 0 amide bonds. The molecule has 0 aliphatic rings. The van der Waals surface area contributed by atoms with Crippen molar-refractivity contribution in [2.45, 2.75) is 84.6 Å². The molecule has 0 radical (unpaired) electrons. The van der Waals surface area contributed by atoms with Crippen LogP contribution in [0.2, 0.25) is 0 Å². The van der Waals surface area contributed by atoms with E-state index in [2.05, 4.69) is 38.2 Å². The first-order valence-electron chi connectivity index (χ1n) is 8.63. The van der Waals surface area contributed by atoms with E-state index >= 15 is 0 Å². The summed E-state index contributed by atoms with van der Waals surface area (Å²) >= 11 is 1.99. The van der Waals surface area contributed by atoms with E-state index in [9.17, 15) is 0 Å². The molecule has 20 heavy (non-hydrogen) atoms. The first kappa shape index (κ1) is 17.7. The van der Waals surface area contributed by atoms with Gasteiger partial charge in [0.25, 0.3) is 0 Å². The van der Waals surface area contributed by atoms with Gasteiger partial charge < -0.3 is 5.32 Å². The van der Waals surface area contributed by atoms with Crippen LogP contribution in [0.15, 0.2) is 12.1 Å². The third kappa shape index (κ3) is 6.90. The molecule has 0 aliphatic heterocycles. The average molecular weight is 296 g/mol. The highest BCUT2D eigenvalue weighted by Gasteiger charge is 2.12. The minimum atomic E-state index is 0.584. The molecule has 0 saturated carbocycles. The Bertz CT molecular complexity index is 332. The molecule has 1 aromatic heterocycles. The van der Waals surface area contributed by atoms with Crippen molar-refractivity contribution in [1.82, 2.24) is 5.32 Å². The predicted molar refractivity (Wildman–Crippen MR) is 92.7 cm³/mol. The van der Waals surface area contributed by atoms with Gasteiger partial charge in [0.2, 0.25) is 0 Å². The standard InChI is InChI=1S/C18H33NS/c1-4-7-8-9-10-11-12-13-17(19-6-3)18-15-14-16(5-2)20-18/h14-15,17,19H,4-13H2,1-3H3. The molecule has 0 aromatic carbocycles. The van der Waals surface area contributed by atoms with Crippen molar-refractivity contribution in [1.29, 1.82) is 0 Å². The topological polar surface area (TPSA) is 12.0 Å². The third-order valence-corrected chi connectivity index (χ3v) is 5.26. The minimum Gasteiger partial charge on any atom is -0.310 e. The number of unbranched alkanes of at least 4 members (excludes halogenated alkanes) is 6. The van der Waals surface area contributed by atoms with Crippen LogP contribution in [0.4, 0.5) is 0 Å². The van der Waals surface area contributed by atoms with E-state index in [1.807, 2.05) is 11.3 Å². The third-order valence-electron chi connectivity index (χ3n) is 3.92. The monoisotopic (exact) mass is 295 g/mol. The lowest BCUT2D eigenvalue weighted by Crippen LogP contribution is -2.19. The molecular formula is C18H33NS. The van der Waals surface area contributed by atoms with Crippen LogP contribution in [-0.2, 0) is 6.42 Å². The van der Waals surface area contributed by atoms with E-state index in [4.69, 9.17) is 0 Å². The Morgan fingerprint density at radius 3 is 2.25 bits per heavy atom. The molecule has 0 bridgehead atoms. The zero-order chi connectivity index (χ0) is 14.6. The van der Waals surface area contributed by atoms with Crippen LogP contribution < -0.4 is 5.32 Å². The molecule has 0 saturated heterocycles. The summed E-state index contributed by atoms with van der Waals surface area (Å²) in [4.78, 5) is 3.05. The first-order chi connectivity index (χ1) is 9.81. The summed E-state index contributed by atoms with van der Waals surface area (Å²) in [6.45, 7) is 7.81. The summed E-state index contributed by atoms with van der Waals surface area (Å²) in [6.07, 6.45) is 12.3. The van der Waals surface area contributed by atoms with Crippen LogP contribution in [0.25, 0.3) is 0 Å². The van der Waals surface area contributed by atoms with E-state index in [1.54, 1.807) is 0 Å². The fraction of sp³-hybridized carbons (Fsp3) is 0.778. The summed E-state index contributed by atoms with van der Waals surface area (Å²) in [5, 5.41) is 3.66. The van der Waals surface area contributed by atoms with Gasteiger partial charge in [0.1, 0.15) is 0 Å². The van der Waals surface area contributed by atoms with Crippen molar-refractivity contribution in [3.63, 3.8) is 0 Å². The quantitative estimate of drug-likeness (QED) is 0.459. The largest absolute Gasteiger partial charge is 0.310 e. The number of nitrogens with one attached hydrogen (secondary N) is 1. The summed E-state index contributed by atoms with van der Waals surface area (Å²) in [5.74, 6) is 0. The number of hydrogen-bond donors (Lipinski definition) is 1. The molecular weight excluding hydrogens is 262 g/mol. The zero-order valence-electron chi connectivity index (χ0n) is 13.7. The first-order valence-corrected chi connectivity index (χ1v) is 9.45. The number of aryl methyl sites for hydroxylation is 1. The number of thiophene rings is 1. The summed E-state index contributed by atoms with van der Waals surface area (Å²) < 4.78 is 0. The molecule has 116 valence electrons. The van der Waals surface area contributed by atoms with E-state index in [0.717, 1.165) is 6.54 Å². The van der Waals surface area contributed by atoms with Gasteiger partial charge in [-0.2, -0.15) is 0 Å². The molecule has 1 N–H and O–H groups in total. The molecule has 0 fully saturated rings.